The standard InChI is InChI=1S/C27H27F4N3O3S/c1-34(24-14-9-18(16-23(24)28)22-7-3-4-8-25(22)38-2)15-5-6-20(17-35)33-26(36)32-19-10-12-21(13-11-19)37-27(29,30)31/h3-4,7-14,16-17,20H,5-6,15H2,1-2H3,(H2,32,33,36). The van der Waals surface area contributed by atoms with Gasteiger partial charge in [0.05, 0.1) is 11.7 Å². The van der Waals surface area contributed by atoms with Gasteiger partial charge in [-0.1, -0.05) is 24.3 Å². The first-order valence-corrected chi connectivity index (χ1v) is 12.8. The molecule has 1 unspecified atom stereocenters. The number of anilines is 2. The zero-order chi connectivity index (χ0) is 27.7. The second kappa shape index (κ2) is 13.2. The molecule has 3 aromatic carbocycles. The number of carbonyl (C=O) groups is 2. The third kappa shape index (κ3) is 8.41. The Bertz CT molecular complexity index is 1240. The molecule has 38 heavy (non-hydrogen) atoms. The van der Waals surface area contributed by atoms with Crippen molar-refractivity contribution in [3.8, 4) is 16.9 Å². The average molecular weight is 550 g/mol. The van der Waals surface area contributed by atoms with Gasteiger partial charge in [0.1, 0.15) is 17.9 Å². The number of carbonyl (C=O) groups excluding carboxylic acids is 2. The van der Waals surface area contributed by atoms with Gasteiger partial charge in [-0.3, -0.25) is 0 Å². The number of alkyl halides is 3. The van der Waals surface area contributed by atoms with Crippen molar-refractivity contribution in [1.29, 1.82) is 0 Å². The fourth-order valence-electron chi connectivity index (χ4n) is 3.79. The van der Waals surface area contributed by atoms with Gasteiger partial charge in [-0.15, -0.1) is 24.9 Å². The number of thioether (sulfide) groups is 1. The Labute approximate surface area is 222 Å². The summed E-state index contributed by atoms with van der Waals surface area (Å²) in [5.74, 6) is -0.786. The molecule has 0 aliphatic rings. The Hall–Kier alpha value is -3.73. The minimum Gasteiger partial charge on any atom is -0.406 e. The summed E-state index contributed by atoms with van der Waals surface area (Å²) in [7, 11) is 1.75. The summed E-state index contributed by atoms with van der Waals surface area (Å²) in [6, 6.07) is 16.0. The van der Waals surface area contributed by atoms with Crippen LogP contribution in [0.2, 0.25) is 0 Å². The molecule has 0 aliphatic carbocycles. The van der Waals surface area contributed by atoms with E-state index in [1.807, 2.05) is 36.6 Å². The Balaban J connectivity index is 1.50. The maximum atomic E-state index is 14.9. The summed E-state index contributed by atoms with van der Waals surface area (Å²) in [5.41, 5.74) is 2.38. The van der Waals surface area contributed by atoms with Crippen LogP contribution in [-0.2, 0) is 4.79 Å². The van der Waals surface area contributed by atoms with Crippen LogP contribution in [0, 0.1) is 5.82 Å². The van der Waals surface area contributed by atoms with Gasteiger partial charge in [0, 0.05) is 24.2 Å². The van der Waals surface area contributed by atoms with Crippen LogP contribution in [0.3, 0.4) is 0 Å². The van der Waals surface area contributed by atoms with Crippen molar-refractivity contribution in [2.45, 2.75) is 30.1 Å². The zero-order valence-corrected chi connectivity index (χ0v) is 21.5. The molecule has 0 fully saturated rings. The van der Waals surface area contributed by atoms with Gasteiger partial charge in [0.25, 0.3) is 0 Å². The maximum absolute atomic E-state index is 14.9. The van der Waals surface area contributed by atoms with Gasteiger partial charge < -0.3 is 25.1 Å². The van der Waals surface area contributed by atoms with Crippen LogP contribution in [0.4, 0.5) is 33.7 Å². The number of hydrogen-bond donors (Lipinski definition) is 2. The summed E-state index contributed by atoms with van der Waals surface area (Å²) in [5, 5.41) is 4.95. The van der Waals surface area contributed by atoms with E-state index >= 15 is 0 Å². The summed E-state index contributed by atoms with van der Waals surface area (Å²) < 4.78 is 55.5. The van der Waals surface area contributed by atoms with Gasteiger partial charge >= 0.3 is 12.4 Å². The minimum absolute atomic E-state index is 0.223. The van der Waals surface area contributed by atoms with Crippen molar-refractivity contribution in [2.75, 3.05) is 30.1 Å². The van der Waals surface area contributed by atoms with E-state index in [0.717, 1.165) is 28.2 Å². The number of nitrogens with one attached hydrogen (secondary N) is 2. The minimum atomic E-state index is -4.81. The van der Waals surface area contributed by atoms with Crippen molar-refractivity contribution in [1.82, 2.24) is 5.32 Å². The number of benzene rings is 3. The number of amides is 2. The Morgan fingerprint density at radius 1 is 1.11 bits per heavy atom. The molecular formula is C27H27F4N3O3S. The lowest BCUT2D eigenvalue weighted by molar-refractivity contribution is -0.274. The summed E-state index contributed by atoms with van der Waals surface area (Å²) in [6.45, 7) is 0.436. The van der Waals surface area contributed by atoms with Gasteiger partial charge in [-0.05, 0) is 72.7 Å². The molecule has 1 atom stereocenters. The third-order valence-electron chi connectivity index (χ3n) is 5.61. The lowest BCUT2D eigenvalue weighted by Crippen LogP contribution is -2.39. The average Bonchev–Trinajstić information content (AvgIpc) is 2.88. The van der Waals surface area contributed by atoms with E-state index < -0.39 is 24.2 Å². The van der Waals surface area contributed by atoms with Gasteiger partial charge in [-0.25, -0.2) is 9.18 Å². The molecule has 0 saturated carbocycles. The number of nitrogens with zero attached hydrogens (tertiary/aromatic N) is 1. The van der Waals surface area contributed by atoms with Crippen LogP contribution < -0.4 is 20.3 Å². The van der Waals surface area contributed by atoms with E-state index in [1.54, 1.807) is 29.8 Å². The van der Waals surface area contributed by atoms with Crippen molar-refractivity contribution in [3.63, 3.8) is 0 Å². The predicted octanol–water partition coefficient (Wildman–Crippen LogP) is 6.72. The number of rotatable bonds is 11. The molecule has 0 spiro atoms. The van der Waals surface area contributed by atoms with E-state index in [1.165, 1.54) is 18.2 Å². The molecule has 11 heteroatoms. The fraction of sp³-hybridized carbons (Fsp3) is 0.259. The number of aldehydes is 1. The molecule has 0 aromatic heterocycles. The topological polar surface area (TPSA) is 70.7 Å². The van der Waals surface area contributed by atoms with E-state index in [9.17, 15) is 27.2 Å². The lowest BCUT2D eigenvalue weighted by Gasteiger charge is -2.22. The molecule has 3 rings (SSSR count). The van der Waals surface area contributed by atoms with Crippen LogP contribution in [0.1, 0.15) is 12.8 Å². The van der Waals surface area contributed by atoms with E-state index in [-0.39, 0.29) is 11.5 Å². The SMILES string of the molecule is CSc1ccccc1-c1ccc(N(C)CCCC(C=O)NC(=O)Nc2ccc(OC(F)(F)F)cc2)c(F)c1. The second-order valence-electron chi connectivity index (χ2n) is 8.34. The van der Waals surface area contributed by atoms with Gasteiger partial charge in [-0.2, -0.15) is 0 Å². The fourth-order valence-corrected chi connectivity index (χ4v) is 4.41. The Kier molecular flexibility index (Phi) is 10.0. The summed E-state index contributed by atoms with van der Waals surface area (Å²) in [4.78, 5) is 26.4. The number of hydrogen-bond acceptors (Lipinski definition) is 5. The molecule has 0 aliphatic heterocycles. The molecule has 2 N–H and O–H groups in total. The molecule has 0 saturated heterocycles. The molecule has 3 aromatic rings. The van der Waals surface area contributed by atoms with Crippen LogP contribution in [0.15, 0.2) is 71.6 Å². The highest BCUT2D eigenvalue weighted by Crippen LogP contribution is 2.32. The normalized spacial score (nSPS) is 11.9. The molecule has 0 bridgehead atoms. The highest BCUT2D eigenvalue weighted by molar-refractivity contribution is 7.98. The predicted molar refractivity (Wildman–Crippen MR) is 141 cm³/mol. The van der Waals surface area contributed by atoms with E-state index in [4.69, 9.17) is 0 Å². The van der Waals surface area contributed by atoms with Crippen LogP contribution in [0.5, 0.6) is 5.75 Å². The monoisotopic (exact) mass is 549 g/mol. The Morgan fingerprint density at radius 3 is 2.45 bits per heavy atom. The van der Waals surface area contributed by atoms with Crippen molar-refractivity contribution in [3.05, 3.63) is 72.5 Å². The van der Waals surface area contributed by atoms with Gasteiger partial charge in [0.15, 0.2) is 0 Å². The van der Waals surface area contributed by atoms with Crippen molar-refractivity contribution < 1.29 is 31.9 Å². The molecule has 0 heterocycles. The summed E-state index contributed by atoms with van der Waals surface area (Å²) in [6.07, 6.45) is -1.46. The first-order valence-electron chi connectivity index (χ1n) is 11.6. The first kappa shape index (κ1) is 28.8. The molecule has 0 radical (unpaired) electrons. The zero-order valence-electron chi connectivity index (χ0n) is 20.7. The molecule has 202 valence electrons. The van der Waals surface area contributed by atoms with Crippen molar-refractivity contribution in [2.24, 2.45) is 0 Å². The number of halogens is 4. The first-order chi connectivity index (χ1) is 18.1. The quantitative estimate of drug-likeness (QED) is 0.158. The summed E-state index contributed by atoms with van der Waals surface area (Å²) >= 11 is 1.59. The lowest BCUT2D eigenvalue weighted by atomic mass is 10.0. The maximum Gasteiger partial charge on any atom is 0.573 e. The largest absolute Gasteiger partial charge is 0.573 e. The highest BCUT2D eigenvalue weighted by Gasteiger charge is 2.31. The van der Waals surface area contributed by atoms with Crippen LogP contribution >= 0.6 is 11.8 Å². The molecule has 6 nitrogen and oxygen atoms in total. The Morgan fingerprint density at radius 2 is 1.82 bits per heavy atom. The molecular weight excluding hydrogens is 522 g/mol. The van der Waals surface area contributed by atoms with Crippen LogP contribution in [-0.4, -0.2) is 44.6 Å². The second-order valence-corrected chi connectivity index (χ2v) is 9.19. The highest BCUT2D eigenvalue weighted by atomic mass is 32.2. The van der Waals surface area contributed by atoms with E-state index in [2.05, 4.69) is 15.4 Å². The van der Waals surface area contributed by atoms with Gasteiger partial charge in [0.2, 0.25) is 0 Å². The van der Waals surface area contributed by atoms with Crippen LogP contribution in [0.25, 0.3) is 11.1 Å². The number of ether oxygens (including phenoxy) is 1. The van der Waals surface area contributed by atoms with Crippen molar-refractivity contribution >= 4 is 35.5 Å². The smallest absolute Gasteiger partial charge is 0.406 e. The number of urea groups is 1. The van der Waals surface area contributed by atoms with E-state index in [0.29, 0.717) is 31.4 Å². The molecule has 2 amide bonds. The third-order valence-corrected chi connectivity index (χ3v) is 6.41.